The standard InChI is InChI=1S/C22H25N3O6/c1-13(2)21(27)30-10-9-29-15-5-8-18(20(26)12-15)24-25-19-11-16(6-7-17(19)23-25)31-22(28)14(3)4/h5-8,11-12,14,23-24,26H,1,9-10H2,2-4H3. The molecule has 0 atom stereocenters. The van der Waals surface area contributed by atoms with Crippen LogP contribution in [0, 0.1) is 5.92 Å². The largest absolute Gasteiger partial charge is 0.506 e. The first-order chi connectivity index (χ1) is 14.7. The molecule has 3 N–H and O–H groups in total. The van der Waals surface area contributed by atoms with Crippen molar-refractivity contribution in [2.75, 3.05) is 18.6 Å². The molecule has 164 valence electrons. The van der Waals surface area contributed by atoms with Crippen LogP contribution in [0.4, 0.5) is 5.69 Å². The fraction of sp³-hybridized carbons (Fsp3) is 0.273. The van der Waals surface area contributed by atoms with Crippen LogP contribution in [0.15, 0.2) is 48.6 Å². The summed E-state index contributed by atoms with van der Waals surface area (Å²) in [7, 11) is 0. The molecular weight excluding hydrogens is 402 g/mol. The molecule has 0 saturated heterocycles. The van der Waals surface area contributed by atoms with E-state index in [1.54, 1.807) is 55.9 Å². The van der Waals surface area contributed by atoms with Crippen LogP contribution in [0.1, 0.15) is 20.8 Å². The van der Waals surface area contributed by atoms with Crippen LogP contribution >= 0.6 is 0 Å². The summed E-state index contributed by atoms with van der Waals surface area (Å²) in [6, 6.07) is 10.00. The van der Waals surface area contributed by atoms with Gasteiger partial charge in [0.25, 0.3) is 0 Å². The molecule has 9 nitrogen and oxygen atoms in total. The van der Waals surface area contributed by atoms with Crippen LogP contribution in [0.25, 0.3) is 11.0 Å². The topological polar surface area (TPSA) is 115 Å². The summed E-state index contributed by atoms with van der Waals surface area (Å²) >= 11 is 0. The van der Waals surface area contributed by atoms with E-state index in [1.807, 2.05) is 0 Å². The van der Waals surface area contributed by atoms with E-state index in [0.717, 1.165) is 11.0 Å². The lowest BCUT2D eigenvalue weighted by Gasteiger charge is -2.20. The third-order valence-corrected chi connectivity index (χ3v) is 4.27. The Morgan fingerprint density at radius 3 is 2.58 bits per heavy atom. The van der Waals surface area contributed by atoms with Gasteiger partial charge >= 0.3 is 11.9 Å². The van der Waals surface area contributed by atoms with E-state index in [-0.39, 0.29) is 30.9 Å². The maximum Gasteiger partial charge on any atom is 0.333 e. The van der Waals surface area contributed by atoms with E-state index in [1.165, 1.54) is 6.07 Å². The highest BCUT2D eigenvalue weighted by molar-refractivity contribution is 5.86. The molecule has 0 saturated carbocycles. The van der Waals surface area contributed by atoms with Crippen molar-refractivity contribution >= 4 is 28.7 Å². The van der Waals surface area contributed by atoms with Crippen LogP contribution in [-0.4, -0.2) is 40.1 Å². The van der Waals surface area contributed by atoms with Gasteiger partial charge in [-0.2, -0.15) is 4.79 Å². The lowest BCUT2D eigenvalue weighted by atomic mass is 10.2. The van der Waals surface area contributed by atoms with Crippen molar-refractivity contribution in [3.05, 3.63) is 48.6 Å². The Bertz CT molecular complexity index is 1110. The van der Waals surface area contributed by atoms with Gasteiger partial charge in [0.15, 0.2) is 0 Å². The molecule has 1 heterocycles. The number of H-pyrrole nitrogens is 1. The van der Waals surface area contributed by atoms with Gasteiger partial charge in [-0.1, -0.05) is 20.4 Å². The van der Waals surface area contributed by atoms with Crippen molar-refractivity contribution in [3.63, 3.8) is 0 Å². The number of phenols is 1. The highest BCUT2D eigenvalue weighted by Gasteiger charge is 2.13. The number of phenolic OH excluding ortho intramolecular Hbond substituents is 1. The molecule has 0 aliphatic carbocycles. The molecule has 0 unspecified atom stereocenters. The molecule has 0 bridgehead atoms. The number of nitrogens with zero attached hydrogens (tertiary/aromatic N) is 1. The number of hydrogen-bond donors (Lipinski definition) is 3. The predicted octanol–water partition coefficient (Wildman–Crippen LogP) is 3.61. The number of aromatic hydroxyl groups is 1. The maximum absolute atomic E-state index is 11.8. The van der Waals surface area contributed by atoms with E-state index >= 15 is 0 Å². The first kappa shape index (κ1) is 21.8. The second kappa shape index (κ2) is 9.29. The molecule has 9 heteroatoms. The summed E-state index contributed by atoms with van der Waals surface area (Å²) in [5.41, 5.74) is 5.38. The lowest BCUT2D eigenvalue weighted by molar-refractivity contribution is -0.139. The first-order valence-corrected chi connectivity index (χ1v) is 9.72. The van der Waals surface area contributed by atoms with E-state index in [9.17, 15) is 14.7 Å². The number of fused-ring (bicyclic) bond motifs is 1. The zero-order valence-electron chi connectivity index (χ0n) is 17.6. The van der Waals surface area contributed by atoms with Gasteiger partial charge in [-0.15, -0.1) is 0 Å². The fourth-order valence-corrected chi connectivity index (χ4v) is 2.54. The number of carbonyl (C=O) groups is 2. The number of aromatic nitrogens is 2. The molecule has 0 spiro atoms. The third-order valence-electron chi connectivity index (χ3n) is 4.27. The number of nitrogens with one attached hydrogen (secondary N) is 2. The number of hydrogen-bond acceptors (Lipinski definition) is 7. The van der Waals surface area contributed by atoms with E-state index in [0.29, 0.717) is 22.8 Å². The second-order valence-electron chi connectivity index (χ2n) is 7.26. The molecule has 0 amide bonds. The summed E-state index contributed by atoms with van der Waals surface area (Å²) in [6.45, 7) is 8.82. The van der Waals surface area contributed by atoms with Gasteiger partial charge in [0, 0.05) is 17.7 Å². The number of benzene rings is 2. The maximum atomic E-state index is 11.8. The number of rotatable bonds is 9. The van der Waals surface area contributed by atoms with Crippen LogP contribution in [0.5, 0.6) is 17.2 Å². The van der Waals surface area contributed by atoms with Crippen molar-refractivity contribution in [3.8, 4) is 17.2 Å². The van der Waals surface area contributed by atoms with Crippen molar-refractivity contribution in [2.45, 2.75) is 20.8 Å². The Labute approximate surface area is 179 Å². The molecule has 1 aromatic heterocycles. The van der Waals surface area contributed by atoms with Crippen molar-refractivity contribution in [1.82, 2.24) is 9.89 Å². The number of carbonyl (C=O) groups excluding carboxylic acids is 2. The van der Waals surface area contributed by atoms with Crippen LogP contribution in [-0.2, 0) is 14.3 Å². The average Bonchev–Trinajstić information content (AvgIpc) is 2.71. The van der Waals surface area contributed by atoms with Gasteiger partial charge in [-0.25, -0.2) is 4.79 Å². The molecule has 0 aliphatic heterocycles. The fourth-order valence-electron chi connectivity index (χ4n) is 2.54. The van der Waals surface area contributed by atoms with Crippen LogP contribution < -0.4 is 14.9 Å². The zero-order chi connectivity index (χ0) is 22.5. The SMILES string of the molecule is C=C(C)C(=O)OCCOc1ccc(Nn2[nH]c3ccc(OC(=O)C(C)C)cc32)c(O)c1. The summed E-state index contributed by atoms with van der Waals surface area (Å²) in [5, 5.41) is 13.4. The zero-order valence-corrected chi connectivity index (χ0v) is 17.6. The second-order valence-corrected chi connectivity index (χ2v) is 7.26. The van der Waals surface area contributed by atoms with E-state index in [2.05, 4.69) is 17.1 Å². The van der Waals surface area contributed by atoms with Crippen LogP contribution in [0.3, 0.4) is 0 Å². The summed E-state index contributed by atoms with van der Waals surface area (Å²) in [4.78, 5) is 24.7. The molecule has 0 fully saturated rings. The first-order valence-electron chi connectivity index (χ1n) is 9.72. The lowest BCUT2D eigenvalue weighted by Crippen LogP contribution is -2.19. The molecule has 3 aromatic rings. The molecule has 31 heavy (non-hydrogen) atoms. The predicted molar refractivity (Wildman–Crippen MR) is 115 cm³/mol. The van der Waals surface area contributed by atoms with Gasteiger partial charge < -0.3 is 19.3 Å². The normalized spacial score (nSPS) is 10.8. The summed E-state index contributed by atoms with van der Waals surface area (Å²) < 4.78 is 15.8. The van der Waals surface area contributed by atoms with Gasteiger partial charge in [0.05, 0.1) is 17.1 Å². The van der Waals surface area contributed by atoms with Gasteiger partial charge in [-0.3, -0.25) is 15.3 Å². The highest BCUT2D eigenvalue weighted by Crippen LogP contribution is 2.30. The van der Waals surface area contributed by atoms with Gasteiger partial charge in [0.1, 0.15) is 36.0 Å². The molecular formula is C22H25N3O6. The minimum Gasteiger partial charge on any atom is -0.506 e. The number of esters is 2. The number of ether oxygens (including phenoxy) is 3. The van der Waals surface area contributed by atoms with Crippen molar-refractivity contribution in [1.29, 1.82) is 0 Å². The summed E-state index contributed by atoms with van der Waals surface area (Å²) in [5.74, 6) is -0.187. The molecule has 0 radical (unpaired) electrons. The van der Waals surface area contributed by atoms with Crippen molar-refractivity contribution in [2.24, 2.45) is 5.92 Å². The van der Waals surface area contributed by atoms with Gasteiger partial charge in [-0.05, 0) is 31.2 Å². The Hall–Kier alpha value is -3.88. The quantitative estimate of drug-likeness (QED) is 0.157. The monoisotopic (exact) mass is 427 g/mol. The minimum absolute atomic E-state index is 0.0333. The van der Waals surface area contributed by atoms with Gasteiger partial charge in [0.2, 0.25) is 0 Å². The Morgan fingerprint density at radius 1 is 1.16 bits per heavy atom. The molecule has 3 rings (SSSR count). The Morgan fingerprint density at radius 2 is 1.90 bits per heavy atom. The minimum atomic E-state index is -0.476. The molecule has 2 aromatic carbocycles. The Balaban J connectivity index is 1.61. The number of aromatic amines is 1. The number of anilines is 1. The average molecular weight is 427 g/mol. The third kappa shape index (κ3) is 5.39. The highest BCUT2D eigenvalue weighted by atomic mass is 16.6. The van der Waals surface area contributed by atoms with E-state index < -0.39 is 5.97 Å². The molecule has 0 aliphatic rings. The van der Waals surface area contributed by atoms with Crippen molar-refractivity contribution < 1.29 is 28.9 Å². The summed E-state index contributed by atoms with van der Waals surface area (Å²) in [6.07, 6.45) is 0. The van der Waals surface area contributed by atoms with Crippen LogP contribution in [0.2, 0.25) is 0 Å². The smallest absolute Gasteiger partial charge is 0.333 e. The Kier molecular flexibility index (Phi) is 6.54. The van der Waals surface area contributed by atoms with E-state index in [4.69, 9.17) is 14.2 Å².